The van der Waals surface area contributed by atoms with Gasteiger partial charge in [-0.25, -0.2) is 0 Å². The van der Waals surface area contributed by atoms with Crippen molar-refractivity contribution >= 4 is 33.0 Å². The minimum Gasteiger partial charge on any atom is -0.362 e. The first-order valence-electron chi connectivity index (χ1n) is 7.02. The lowest BCUT2D eigenvalue weighted by atomic mass is 9.97. The molecule has 0 radical (unpaired) electrons. The zero-order chi connectivity index (χ0) is 14.1. The second-order valence-electron chi connectivity index (χ2n) is 5.37. The summed E-state index contributed by atoms with van der Waals surface area (Å²) in [7, 11) is 0. The second kappa shape index (κ2) is 5.88. The largest absolute Gasteiger partial charge is 0.362 e. The molecule has 2 heterocycles. The molecule has 0 aliphatic carbocycles. The van der Waals surface area contributed by atoms with E-state index in [1.54, 1.807) is 11.3 Å². The molecule has 0 saturated carbocycles. The number of nitrogens with zero attached hydrogens (tertiary/aromatic N) is 1. The van der Waals surface area contributed by atoms with Crippen LogP contribution < -0.4 is 10.6 Å². The fraction of sp³-hybridized carbons (Fsp3) is 0.375. The first-order valence-corrected chi connectivity index (χ1v) is 8.63. The SMILES string of the molecule is CC(N)C(c1ccc(Br)s1)N1CCCc2ccccc21. The van der Waals surface area contributed by atoms with Gasteiger partial charge in [-0.15, -0.1) is 11.3 Å². The Hall–Kier alpha value is -0.840. The van der Waals surface area contributed by atoms with Gasteiger partial charge in [-0.1, -0.05) is 18.2 Å². The summed E-state index contributed by atoms with van der Waals surface area (Å²) >= 11 is 5.35. The van der Waals surface area contributed by atoms with Crippen LogP contribution in [0.1, 0.15) is 29.8 Å². The zero-order valence-corrected chi connectivity index (χ0v) is 14.0. The third-order valence-corrected chi connectivity index (χ3v) is 5.56. The number of fused-ring (bicyclic) bond motifs is 1. The summed E-state index contributed by atoms with van der Waals surface area (Å²) in [5.41, 5.74) is 9.11. The lowest BCUT2D eigenvalue weighted by Crippen LogP contribution is -2.41. The molecule has 0 fully saturated rings. The molecule has 3 rings (SSSR count). The molecule has 2 atom stereocenters. The summed E-state index contributed by atoms with van der Waals surface area (Å²) in [6.07, 6.45) is 2.37. The van der Waals surface area contributed by atoms with E-state index in [1.165, 1.54) is 32.8 Å². The fourth-order valence-electron chi connectivity index (χ4n) is 3.04. The molecule has 20 heavy (non-hydrogen) atoms. The van der Waals surface area contributed by atoms with E-state index >= 15 is 0 Å². The van der Waals surface area contributed by atoms with Crippen molar-refractivity contribution < 1.29 is 0 Å². The minimum absolute atomic E-state index is 0.103. The van der Waals surface area contributed by atoms with E-state index in [0.29, 0.717) is 0 Å². The van der Waals surface area contributed by atoms with Gasteiger partial charge < -0.3 is 10.6 Å². The van der Waals surface area contributed by atoms with Crippen molar-refractivity contribution in [3.8, 4) is 0 Å². The monoisotopic (exact) mass is 350 g/mol. The third-order valence-electron chi connectivity index (χ3n) is 3.87. The number of benzene rings is 1. The summed E-state index contributed by atoms with van der Waals surface area (Å²) in [5.74, 6) is 0. The van der Waals surface area contributed by atoms with Crippen molar-refractivity contribution in [1.82, 2.24) is 0 Å². The highest BCUT2D eigenvalue weighted by Crippen LogP contribution is 2.38. The molecule has 1 aromatic carbocycles. The van der Waals surface area contributed by atoms with E-state index in [9.17, 15) is 0 Å². The van der Waals surface area contributed by atoms with Gasteiger partial charge in [0.15, 0.2) is 0 Å². The lowest BCUT2D eigenvalue weighted by Gasteiger charge is -2.39. The van der Waals surface area contributed by atoms with E-state index in [2.05, 4.69) is 64.2 Å². The molecule has 1 aromatic heterocycles. The second-order valence-corrected chi connectivity index (χ2v) is 7.87. The Labute approximate surface area is 132 Å². The highest BCUT2D eigenvalue weighted by molar-refractivity contribution is 9.11. The predicted molar refractivity (Wildman–Crippen MR) is 90.5 cm³/mol. The molecule has 4 heteroatoms. The Morgan fingerprint density at radius 1 is 1.25 bits per heavy atom. The van der Waals surface area contributed by atoms with Gasteiger partial charge in [0.1, 0.15) is 0 Å². The maximum absolute atomic E-state index is 6.32. The van der Waals surface area contributed by atoms with E-state index in [-0.39, 0.29) is 12.1 Å². The van der Waals surface area contributed by atoms with Gasteiger partial charge in [-0.2, -0.15) is 0 Å². The van der Waals surface area contributed by atoms with Crippen molar-refractivity contribution in [2.45, 2.75) is 31.8 Å². The van der Waals surface area contributed by atoms with Crippen LogP contribution >= 0.6 is 27.3 Å². The van der Waals surface area contributed by atoms with Gasteiger partial charge in [0.2, 0.25) is 0 Å². The Morgan fingerprint density at radius 3 is 2.75 bits per heavy atom. The van der Waals surface area contributed by atoms with Crippen molar-refractivity contribution in [2.24, 2.45) is 5.73 Å². The number of thiophene rings is 1. The van der Waals surface area contributed by atoms with E-state index in [4.69, 9.17) is 5.73 Å². The summed E-state index contributed by atoms with van der Waals surface area (Å²) in [6, 6.07) is 13.4. The number of para-hydroxylation sites is 1. The van der Waals surface area contributed by atoms with Crippen LogP contribution in [0.2, 0.25) is 0 Å². The molecule has 1 aliphatic rings. The maximum Gasteiger partial charge on any atom is 0.0783 e. The molecule has 2 N–H and O–H groups in total. The van der Waals surface area contributed by atoms with Crippen LogP contribution in [0.4, 0.5) is 5.69 Å². The van der Waals surface area contributed by atoms with Crippen molar-refractivity contribution in [1.29, 1.82) is 0 Å². The van der Waals surface area contributed by atoms with Crippen LogP contribution in [0.15, 0.2) is 40.2 Å². The molecule has 0 saturated heterocycles. The number of nitrogens with two attached hydrogens (primary N) is 1. The molecule has 0 spiro atoms. The van der Waals surface area contributed by atoms with E-state index in [1.807, 2.05) is 0 Å². The summed E-state index contributed by atoms with van der Waals surface area (Å²) < 4.78 is 1.17. The molecule has 106 valence electrons. The molecular formula is C16H19BrN2S. The van der Waals surface area contributed by atoms with Gasteiger partial charge in [-0.3, -0.25) is 0 Å². The van der Waals surface area contributed by atoms with E-state index in [0.717, 1.165) is 6.54 Å². The maximum atomic E-state index is 6.32. The van der Waals surface area contributed by atoms with Gasteiger partial charge in [-0.05, 0) is 59.5 Å². The zero-order valence-electron chi connectivity index (χ0n) is 11.6. The molecule has 2 unspecified atom stereocenters. The fourth-order valence-corrected chi connectivity index (χ4v) is 4.69. The number of anilines is 1. The highest BCUT2D eigenvalue weighted by atomic mass is 79.9. The summed E-state index contributed by atoms with van der Waals surface area (Å²) in [6.45, 7) is 3.19. The van der Waals surface area contributed by atoms with Gasteiger partial charge in [0.05, 0.1) is 9.83 Å². The van der Waals surface area contributed by atoms with Gasteiger partial charge in [0, 0.05) is 23.2 Å². The molecule has 1 aliphatic heterocycles. The average molecular weight is 351 g/mol. The van der Waals surface area contributed by atoms with Crippen LogP contribution in [0.3, 0.4) is 0 Å². The average Bonchev–Trinajstić information content (AvgIpc) is 2.85. The predicted octanol–water partition coefficient (Wildman–Crippen LogP) is 4.35. The molecular weight excluding hydrogens is 332 g/mol. The topological polar surface area (TPSA) is 29.3 Å². The van der Waals surface area contributed by atoms with Gasteiger partial charge >= 0.3 is 0 Å². The highest BCUT2D eigenvalue weighted by Gasteiger charge is 2.28. The summed E-state index contributed by atoms with van der Waals surface area (Å²) in [5, 5.41) is 0. The van der Waals surface area contributed by atoms with Crippen molar-refractivity contribution in [3.63, 3.8) is 0 Å². The Balaban J connectivity index is 2.01. The molecule has 0 bridgehead atoms. The molecule has 2 nitrogen and oxygen atoms in total. The number of rotatable bonds is 3. The number of hydrogen-bond donors (Lipinski definition) is 1. The first-order chi connectivity index (χ1) is 9.66. The normalized spacial score (nSPS) is 17.6. The lowest BCUT2D eigenvalue weighted by molar-refractivity contribution is 0.517. The van der Waals surface area contributed by atoms with Gasteiger partial charge in [0.25, 0.3) is 0 Å². The Bertz CT molecular complexity index is 594. The Morgan fingerprint density at radius 2 is 2.05 bits per heavy atom. The number of hydrogen-bond acceptors (Lipinski definition) is 3. The van der Waals surface area contributed by atoms with Crippen LogP contribution in [0, 0.1) is 0 Å². The van der Waals surface area contributed by atoms with Crippen LogP contribution in [0.5, 0.6) is 0 Å². The summed E-state index contributed by atoms with van der Waals surface area (Å²) in [4.78, 5) is 3.82. The molecule has 2 aromatic rings. The smallest absolute Gasteiger partial charge is 0.0783 e. The third kappa shape index (κ3) is 2.65. The minimum atomic E-state index is 0.103. The van der Waals surface area contributed by atoms with Crippen molar-refractivity contribution in [3.05, 3.63) is 50.6 Å². The quantitative estimate of drug-likeness (QED) is 0.891. The number of aryl methyl sites for hydroxylation is 1. The van der Waals surface area contributed by atoms with Crippen LogP contribution in [-0.2, 0) is 6.42 Å². The Kier molecular flexibility index (Phi) is 4.15. The number of halogens is 1. The van der Waals surface area contributed by atoms with Crippen LogP contribution in [0.25, 0.3) is 0 Å². The van der Waals surface area contributed by atoms with Crippen molar-refractivity contribution in [2.75, 3.05) is 11.4 Å². The van der Waals surface area contributed by atoms with Crippen LogP contribution in [-0.4, -0.2) is 12.6 Å². The first kappa shape index (κ1) is 14.1. The standard InChI is InChI=1S/C16H19BrN2S/c1-11(18)16(14-8-9-15(17)20-14)19-10-4-6-12-5-2-3-7-13(12)19/h2-3,5,7-9,11,16H,4,6,10,18H2,1H3. The molecule has 0 amide bonds. The van der Waals surface area contributed by atoms with E-state index < -0.39 is 0 Å².